The summed E-state index contributed by atoms with van der Waals surface area (Å²) < 4.78 is 5.19. The molecule has 0 radical (unpaired) electrons. The van der Waals surface area contributed by atoms with Crippen molar-refractivity contribution in [3.63, 3.8) is 0 Å². The van der Waals surface area contributed by atoms with Gasteiger partial charge in [0, 0.05) is 13.0 Å². The predicted octanol–water partition coefficient (Wildman–Crippen LogP) is 1.59. The normalized spacial score (nSPS) is 28.2. The van der Waals surface area contributed by atoms with Crippen LogP contribution in [0.5, 0.6) is 0 Å². The zero-order valence-corrected chi connectivity index (χ0v) is 7.37. The van der Waals surface area contributed by atoms with Crippen LogP contribution in [0.4, 0.5) is 6.01 Å². The molecule has 0 atom stereocenters. The topological polar surface area (TPSA) is 51.0 Å². The third-order valence-corrected chi connectivity index (χ3v) is 2.23. The zero-order chi connectivity index (χ0) is 8.55. The number of anilines is 1. The number of hydrogen-bond acceptors (Lipinski definition) is 4. The Balaban J connectivity index is 1.88. The van der Waals surface area contributed by atoms with Gasteiger partial charge in [0.15, 0.2) is 0 Å². The van der Waals surface area contributed by atoms with Crippen LogP contribution in [0.25, 0.3) is 0 Å². The Hall–Kier alpha value is -1.06. The van der Waals surface area contributed by atoms with E-state index in [4.69, 9.17) is 4.42 Å². The molecule has 0 aliphatic heterocycles. The van der Waals surface area contributed by atoms with Gasteiger partial charge in [-0.3, -0.25) is 0 Å². The maximum Gasteiger partial charge on any atom is 0.315 e. The number of aryl methyl sites for hydroxylation is 1. The van der Waals surface area contributed by atoms with Crippen LogP contribution in [0, 0.1) is 12.8 Å². The first-order chi connectivity index (χ1) is 5.74. The highest BCUT2D eigenvalue weighted by Gasteiger charge is 2.26. The molecule has 0 amide bonds. The van der Waals surface area contributed by atoms with Crippen LogP contribution in [-0.2, 0) is 0 Å². The number of rotatable bonds is 2. The molecule has 1 aromatic rings. The van der Waals surface area contributed by atoms with E-state index in [1.807, 2.05) is 0 Å². The summed E-state index contributed by atoms with van der Waals surface area (Å²) in [7, 11) is 0. The van der Waals surface area contributed by atoms with Gasteiger partial charge >= 0.3 is 6.01 Å². The first-order valence-electron chi connectivity index (χ1n) is 4.30. The lowest BCUT2D eigenvalue weighted by Gasteiger charge is -2.32. The summed E-state index contributed by atoms with van der Waals surface area (Å²) in [5.74, 6) is 1.45. The summed E-state index contributed by atoms with van der Waals surface area (Å²) in [6.07, 6.45) is 2.42. The second-order valence-corrected chi connectivity index (χ2v) is 3.54. The molecule has 2 rings (SSSR count). The van der Waals surface area contributed by atoms with Crippen LogP contribution in [0.2, 0.25) is 0 Å². The van der Waals surface area contributed by atoms with E-state index in [9.17, 15) is 0 Å². The molecule has 0 aromatic carbocycles. The maximum atomic E-state index is 5.19. The van der Waals surface area contributed by atoms with E-state index in [-0.39, 0.29) is 0 Å². The number of hydrogen-bond donors (Lipinski definition) is 1. The van der Waals surface area contributed by atoms with Crippen molar-refractivity contribution >= 4 is 6.01 Å². The number of nitrogens with zero attached hydrogens (tertiary/aromatic N) is 2. The summed E-state index contributed by atoms with van der Waals surface area (Å²) in [4.78, 5) is 0. The summed E-state index contributed by atoms with van der Waals surface area (Å²) in [5.41, 5.74) is 0. The molecular weight excluding hydrogens is 154 g/mol. The summed E-state index contributed by atoms with van der Waals surface area (Å²) in [5, 5.41) is 10.8. The molecule has 0 unspecified atom stereocenters. The fourth-order valence-electron chi connectivity index (χ4n) is 1.55. The van der Waals surface area contributed by atoms with Gasteiger partial charge in [0.25, 0.3) is 0 Å². The van der Waals surface area contributed by atoms with Gasteiger partial charge in [0.2, 0.25) is 5.89 Å². The van der Waals surface area contributed by atoms with Crippen LogP contribution >= 0.6 is 0 Å². The fraction of sp³-hybridized carbons (Fsp3) is 0.750. The molecule has 12 heavy (non-hydrogen) atoms. The van der Waals surface area contributed by atoms with Gasteiger partial charge in [-0.1, -0.05) is 12.0 Å². The molecule has 1 aliphatic carbocycles. The van der Waals surface area contributed by atoms with Gasteiger partial charge in [0.05, 0.1) is 0 Å². The predicted molar refractivity (Wildman–Crippen MR) is 44.8 cm³/mol. The van der Waals surface area contributed by atoms with Crippen molar-refractivity contribution in [2.24, 2.45) is 5.92 Å². The molecule has 0 saturated heterocycles. The van der Waals surface area contributed by atoms with Crippen molar-refractivity contribution in [1.82, 2.24) is 10.2 Å². The lowest BCUT2D eigenvalue weighted by atomic mass is 9.82. The monoisotopic (exact) mass is 167 g/mol. The van der Waals surface area contributed by atoms with Crippen LogP contribution in [0.15, 0.2) is 4.42 Å². The molecule has 0 bridgehead atoms. The van der Waals surface area contributed by atoms with Crippen molar-refractivity contribution in [3.05, 3.63) is 5.89 Å². The number of aromatic nitrogens is 2. The van der Waals surface area contributed by atoms with Crippen molar-refractivity contribution in [1.29, 1.82) is 0 Å². The average molecular weight is 167 g/mol. The van der Waals surface area contributed by atoms with E-state index in [0.29, 0.717) is 17.9 Å². The van der Waals surface area contributed by atoms with E-state index >= 15 is 0 Å². The second kappa shape index (κ2) is 2.77. The van der Waals surface area contributed by atoms with Gasteiger partial charge in [-0.05, 0) is 18.8 Å². The first-order valence-corrected chi connectivity index (χ1v) is 4.30. The highest BCUT2D eigenvalue weighted by atomic mass is 16.4. The molecule has 0 spiro atoms. The molecule has 1 saturated carbocycles. The van der Waals surface area contributed by atoms with Crippen LogP contribution < -0.4 is 5.32 Å². The lowest BCUT2D eigenvalue weighted by Crippen LogP contribution is -2.33. The summed E-state index contributed by atoms with van der Waals surface area (Å²) in [6.45, 7) is 4.04. The smallest absolute Gasteiger partial charge is 0.315 e. The van der Waals surface area contributed by atoms with E-state index in [0.717, 1.165) is 5.92 Å². The second-order valence-electron chi connectivity index (χ2n) is 3.54. The molecule has 4 nitrogen and oxygen atoms in total. The van der Waals surface area contributed by atoms with Crippen LogP contribution in [0.1, 0.15) is 25.7 Å². The minimum Gasteiger partial charge on any atom is -0.408 e. The third-order valence-electron chi connectivity index (χ3n) is 2.23. The molecule has 4 heteroatoms. The Morgan fingerprint density at radius 2 is 2.17 bits per heavy atom. The van der Waals surface area contributed by atoms with Crippen molar-refractivity contribution in [2.75, 3.05) is 5.32 Å². The Kier molecular flexibility index (Phi) is 1.75. The highest BCUT2D eigenvalue weighted by Crippen LogP contribution is 2.28. The average Bonchev–Trinajstić information content (AvgIpc) is 2.33. The van der Waals surface area contributed by atoms with Gasteiger partial charge < -0.3 is 9.73 Å². The SMILES string of the molecule is Cc1nnc(NC2CC(C)C2)o1. The van der Waals surface area contributed by atoms with Gasteiger partial charge in [-0.2, -0.15) is 0 Å². The minimum absolute atomic E-state index is 0.542. The standard InChI is InChI=1S/C8H13N3O/c1-5-3-7(4-5)9-8-11-10-6(2)12-8/h5,7H,3-4H2,1-2H3,(H,9,11). The minimum atomic E-state index is 0.542. The largest absolute Gasteiger partial charge is 0.408 e. The van der Waals surface area contributed by atoms with Gasteiger partial charge in [-0.15, -0.1) is 5.10 Å². The molecule has 1 fully saturated rings. The quantitative estimate of drug-likeness (QED) is 0.726. The fourth-order valence-corrected chi connectivity index (χ4v) is 1.55. The van der Waals surface area contributed by atoms with Crippen LogP contribution in [0.3, 0.4) is 0 Å². The molecule has 66 valence electrons. The Morgan fingerprint density at radius 1 is 1.42 bits per heavy atom. The summed E-state index contributed by atoms with van der Waals surface area (Å²) >= 11 is 0. The molecule has 1 heterocycles. The number of nitrogens with one attached hydrogen (secondary N) is 1. The molecule has 1 N–H and O–H groups in total. The molecule has 1 aliphatic rings. The van der Waals surface area contributed by atoms with E-state index in [1.165, 1.54) is 12.8 Å². The third kappa shape index (κ3) is 1.42. The van der Waals surface area contributed by atoms with Crippen molar-refractivity contribution < 1.29 is 4.42 Å². The highest BCUT2D eigenvalue weighted by molar-refractivity contribution is 5.20. The maximum absolute atomic E-state index is 5.19. The van der Waals surface area contributed by atoms with Gasteiger partial charge in [0.1, 0.15) is 0 Å². The van der Waals surface area contributed by atoms with Gasteiger partial charge in [-0.25, -0.2) is 0 Å². The van der Waals surface area contributed by atoms with Crippen molar-refractivity contribution in [2.45, 2.75) is 32.7 Å². The Bertz CT molecular complexity index is 265. The lowest BCUT2D eigenvalue weighted by molar-refractivity contribution is 0.303. The summed E-state index contributed by atoms with van der Waals surface area (Å²) in [6, 6.07) is 1.10. The van der Waals surface area contributed by atoms with Crippen LogP contribution in [-0.4, -0.2) is 16.2 Å². The molecule has 1 aromatic heterocycles. The first kappa shape index (κ1) is 7.58. The zero-order valence-electron chi connectivity index (χ0n) is 7.37. The van der Waals surface area contributed by atoms with E-state index < -0.39 is 0 Å². The Labute approximate surface area is 71.4 Å². The molecular formula is C8H13N3O. The van der Waals surface area contributed by atoms with Crippen molar-refractivity contribution in [3.8, 4) is 0 Å². The Morgan fingerprint density at radius 3 is 2.67 bits per heavy atom. The van der Waals surface area contributed by atoms with E-state index in [2.05, 4.69) is 22.4 Å². The van der Waals surface area contributed by atoms with E-state index in [1.54, 1.807) is 6.92 Å².